The van der Waals surface area contributed by atoms with Crippen LogP contribution in [-0.4, -0.2) is 63.1 Å². The number of hydrogen-bond donors (Lipinski definition) is 4. The minimum Gasteiger partial charge on any atom is -0.397 e. The summed E-state index contributed by atoms with van der Waals surface area (Å²) in [5.41, 5.74) is 7.33. The Hall–Kier alpha value is -2.79. The highest BCUT2D eigenvalue weighted by atomic mass is 35.5. The van der Waals surface area contributed by atoms with Crippen molar-refractivity contribution >= 4 is 40.4 Å². The molecule has 1 saturated heterocycles. The number of rotatable bonds is 9. The Balaban J connectivity index is 1.25. The maximum absolute atomic E-state index is 12.7. The van der Waals surface area contributed by atoms with Gasteiger partial charge < -0.3 is 21.5 Å². The van der Waals surface area contributed by atoms with E-state index in [4.69, 9.17) is 17.3 Å². The summed E-state index contributed by atoms with van der Waals surface area (Å²) in [6, 6.07) is 7.06. The molecule has 0 aromatic carbocycles. The van der Waals surface area contributed by atoms with Crippen molar-refractivity contribution in [3.8, 4) is 10.7 Å². The van der Waals surface area contributed by atoms with Gasteiger partial charge in [0.25, 0.3) is 5.91 Å². The number of carbonyl (C=O) groups is 1. The number of nitrogens with one attached hydrogen (secondary N) is 2. The number of nitrogens with two attached hydrogens (primary N) is 1. The third kappa shape index (κ3) is 6.66. The van der Waals surface area contributed by atoms with Crippen LogP contribution in [0.5, 0.6) is 0 Å². The summed E-state index contributed by atoms with van der Waals surface area (Å²) in [6.45, 7) is 5.08. The van der Waals surface area contributed by atoms with Gasteiger partial charge in [-0.2, -0.15) is 0 Å². The third-order valence-electron chi connectivity index (χ3n) is 5.95. The summed E-state index contributed by atoms with van der Waals surface area (Å²) < 4.78 is 0. The van der Waals surface area contributed by atoms with E-state index in [0.717, 1.165) is 43.2 Å². The van der Waals surface area contributed by atoms with Crippen molar-refractivity contribution in [2.45, 2.75) is 32.4 Å². The van der Waals surface area contributed by atoms with Crippen molar-refractivity contribution in [2.24, 2.45) is 5.92 Å². The van der Waals surface area contributed by atoms with E-state index in [9.17, 15) is 9.90 Å². The van der Waals surface area contributed by atoms with Crippen LogP contribution in [0.2, 0.25) is 5.02 Å². The molecular weight excluding hydrogens is 486 g/mol. The molecule has 0 saturated carbocycles. The predicted molar refractivity (Wildman–Crippen MR) is 140 cm³/mol. The molecule has 1 unspecified atom stereocenters. The lowest BCUT2D eigenvalue weighted by molar-refractivity contribution is 0.0930. The molecule has 0 aliphatic carbocycles. The zero-order valence-corrected chi connectivity index (χ0v) is 21.1. The molecule has 1 amide bonds. The van der Waals surface area contributed by atoms with Gasteiger partial charge in [-0.25, -0.2) is 9.97 Å². The predicted octanol–water partition coefficient (Wildman–Crippen LogP) is 3.27. The average Bonchev–Trinajstić information content (AvgIpc) is 3.35. The van der Waals surface area contributed by atoms with E-state index in [-0.39, 0.29) is 35.0 Å². The molecule has 3 aromatic heterocycles. The molecule has 0 radical (unpaired) electrons. The van der Waals surface area contributed by atoms with Crippen LogP contribution in [0.25, 0.3) is 10.7 Å². The number of halogens is 1. The molecule has 5 N–H and O–H groups in total. The number of nitrogens with zero attached hydrogens (tertiary/aromatic N) is 4. The van der Waals surface area contributed by atoms with Crippen LogP contribution in [-0.2, 0) is 6.54 Å². The largest absolute Gasteiger partial charge is 0.397 e. The Morgan fingerprint density at radius 3 is 2.86 bits per heavy atom. The van der Waals surface area contributed by atoms with E-state index < -0.39 is 0 Å². The second-order valence-electron chi connectivity index (χ2n) is 8.76. The number of nitrogen functional groups attached to an aromatic ring is 1. The van der Waals surface area contributed by atoms with E-state index in [1.54, 1.807) is 24.5 Å². The molecule has 11 heteroatoms. The molecule has 1 aliphatic heterocycles. The molecule has 3 aromatic rings. The lowest BCUT2D eigenvalue weighted by Crippen LogP contribution is -2.38. The van der Waals surface area contributed by atoms with E-state index in [1.807, 2.05) is 24.4 Å². The summed E-state index contributed by atoms with van der Waals surface area (Å²) in [7, 11) is 0. The zero-order chi connectivity index (χ0) is 24.8. The Kier molecular flexibility index (Phi) is 8.50. The van der Waals surface area contributed by atoms with E-state index in [0.29, 0.717) is 18.3 Å². The fourth-order valence-electron chi connectivity index (χ4n) is 3.93. The normalized spacial score (nSPS) is 15.6. The summed E-state index contributed by atoms with van der Waals surface area (Å²) in [6.07, 6.45) is 5.73. The number of aromatic nitrogens is 3. The van der Waals surface area contributed by atoms with Crippen LogP contribution >= 0.6 is 22.9 Å². The summed E-state index contributed by atoms with van der Waals surface area (Å²) in [5.74, 6) is 0.403. The van der Waals surface area contributed by atoms with Crippen LogP contribution in [0, 0.1) is 5.92 Å². The van der Waals surface area contributed by atoms with Gasteiger partial charge in [-0.05, 0) is 57.0 Å². The maximum atomic E-state index is 12.7. The standard InChI is InChI=1S/C24H30ClN7O2S/c1-15(14-33)30-22-21(25)18(26)10-20(31-22)23(34)28-11-16-5-8-32(9-6-16)13-17-12-29-24(35-17)19-4-2-3-7-27-19/h2-4,7,10,12,15-16,33H,5-6,8-9,11,13-14H2,1H3,(H,28,34)(H3,26,30,31). The Morgan fingerprint density at radius 1 is 1.34 bits per heavy atom. The first-order chi connectivity index (χ1) is 16.9. The van der Waals surface area contributed by atoms with Gasteiger partial charge in [-0.1, -0.05) is 17.7 Å². The first kappa shape index (κ1) is 25.3. The second kappa shape index (κ2) is 11.8. The molecule has 35 heavy (non-hydrogen) atoms. The molecule has 186 valence electrons. The second-order valence-corrected chi connectivity index (χ2v) is 10.3. The highest BCUT2D eigenvalue weighted by Gasteiger charge is 2.22. The maximum Gasteiger partial charge on any atom is 0.270 e. The van der Waals surface area contributed by atoms with Crippen LogP contribution in [0.1, 0.15) is 35.1 Å². The van der Waals surface area contributed by atoms with Gasteiger partial charge in [0.05, 0.1) is 18.0 Å². The molecule has 1 atom stereocenters. The zero-order valence-electron chi connectivity index (χ0n) is 19.6. The topological polar surface area (TPSA) is 129 Å². The fraction of sp³-hybridized carbons (Fsp3) is 0.417. The Bertz CT molecular complexity index is 1140. The number of amides is 1. The lowest BCUT2D eigenvalue weighted by atomic mass is 9.96. The van der Waals surface area contributed by atoms with Gasteiger partial charge in [0, 0.05) is 36.4 Å². The number of aliphatic hydroxyl groups excluding tert-OH is 1. The number of likely N-dealkylation sites (tertiary alicyclic amines) is 1. The molecule has 4 rings (SSSR count). The van der Waals surface area contributed by atoms with E-state index in [2.05, 4.69) is 30.5 Å². The highest BCUT2D eigenvalue weighted by molar-refractivity contribution is 7.14. The smallest absolute Gasteiger partial charge is 0.270 e. The minimum atomic E-state index is -0.290. The van der Waals surface area contributed by atoms with Crippen LogP contribution in [0.15, 0.2) is 36.7 Å². The molecule has 1 fully saturated rings. The summed E-state index contributed by atoms with van der Waals surface area (Å²) >= 11 is 7.88. The van der Waals surface area contributed by atoms with Gasteiger partial charge in [0.15, 0.2) is 0 Å². The monoisotopic (exact) mass is 515 g/mol. The molecule has 9 nitrogen and oxygen atoms in total. The number of anilines is 2. The lowest BCUT2D eigenvalue weighted by Gasteiger charge is -2.31. The number of pyridine rings is 2. The average molecular weight is 516 g/mol. The first-order valence-corrected chi connectivity index (χ1v) is 12.8. The van der Waals surface area contributed by atoms with Crippen molar-refractivity contribution in [3.63, 3.8) is 0 Å². The molecule has 1 aliphatic rings. The highest BCUT2D eigenvalue weighted by Crippen LogP contribution is 2.28. The molecule has 4 heterocycles. The van der Waals surface area contributed by atoms with Gasteiger partial charge in [-0.3, -0.25) is 14.7 Å². The van der Waals surface area contributed by atoms with Crippen molar-refractivity contribution in [1.29, 1.82) is 0 Å². The molecule has 0 bridgehead atoms. The van der Waals surface area contributed by atoms with Crippen molar-refractivity contribution < 1.29 is 9.90 Å². The number of carbonyl (C=O) groups excluding carboxylic acids is 1. The van der Waals surface area contributed by atoms with Crippen LogP contribution in [0.4, 0.5) is 11.5 Å². The fourth-order valence-corrected chi connectivity index (χ4v) is 5.01. The number of piperidine rings is 1. The van der Waals surface area contributed by atoms with Gasteiger partial charge in [-0.15, -0.1) is 11.3 Å². The molecular formula is C24H30ClN7O2S. The SMILES string of the molecule is CC(CO)Nc1nc(C(=O)NCC2CCN(Cc3cnc(-c4ccccn4)s3)CC2)cc(N)c1Cl. The Labute approximate surface area is 213 Å². The Morgan fingerprint density at radius 2 is 2.14 bits per heavy atom. The summed E-state index contributed by atoms with van der Waals surface area (Å²) in [5, 5.41) is 16.4. The first-order valence-electron chi connectivity index (χ1n) is 11.6. The molecule has 0 spiro atoms. The van der Waals surface area contributed by atoms with Crippen molar-refractivity contribution in [1.82, 2.24) is 25.2 Å². The van der Waals surface area contributed by atoms with Crippen LogP contribution < -0.4 is 16.4 Å². The number of aliphatic hydroxyl groups is 1. The van der Waals surface area contributed by atoms with Gasteiger partial charge in [0.1, 0.15) is 21.5 Å². The van der Waals surface area contributed by atoms with Crippen molar-refractivity contribution in [2.75, 3.05) is 37.3 Å². The number of thiazole rings is 1. The van der Waals surface area contributed by atoms with Gasteiger partial charge >= 0.3 is 0 Å². The minimum absolute atomic E-state index is 0.0958. The van der Waals surface area contributed by atoms with E-state index in [1.165, 1.54) is 10.9 Å². The third-order valence-corrected chi connectivity index (χ3v) is 7.35. The van der Waals surface area contributed by atoms with Crippen molar-refractivity contribution in [3.05, 3.63) is 52.3 Å². The number of hydrogen-bond acceptors (Lipinski definition) is 9. The van der Waals surface area contributed by atoms with Gasteiger partial charge in [0.2, 0.25) is 0 Å². The van der Waals surface area contributed by atoms with Crippen LogP contribution in [0.3, 0.4) is 0 Å². The van der Waals surface area contributed by atoms with E-state index >= 15 is 0 Å². The summed E-state index contributed by atoms with van der Waals surface area (Å²) in [4.78, 5) is 29.6. The quantitative estimate of drug-likeness (QED) is 0.341.